The number of amides is 4. The van der Waals surface area contributed by atoms with Crippen molar-refractivity contribution in [1.29, 1.82) is 0 Å². The van der Waals surface area contributed by atoms with E-state index >= 15 is 0 Å². The number of imide groups is 2. The Kier molecular flexibility index (Phi) is 2.83. The first kappa shape index (κ1) is 8.61. The standard InChI is InChI=1S/C3H2N2O3.Na/c6-1-2(7)5-3(8)4-1;/h(H2,4,5,6,7,8);. The Morgan fingerprint density at radius 3 is 1.33 bits per heavy atom. The summed E-state index contributed by atoms with van der Waals surface area (Å²) in [5.41, 5.74) is 0. The maximum Gasteiger partial charge on any atom is 0.328 e. The number of rotatable bonds is 0. The van der Waals surface area contributed by atoms with Gasteiger partial charge in [0.15, 0.2) is 0 Å². The molecule has 6 heteroatoms. The first-order chi connectivity index (χ1) is 3.70. The summed E-state index contributed by atoms with van der Waals surface area (Å²) < 4.78 is 0. The van der Waals surface area contributed by atoms with E-state index in [1.54, 1.807) is 10.6 Å². The van der Waals surface area contributed by atoms with E-state index in [1.165, 1.54) is 0 Å². The first-order valence-corrected chi connectivity index (χ1v) is 1.86. The van der Waals surface area contributed by atoms with Crippen LogP contribution in [0.5, 0.6) is 0 Å². The van der Waals surface area contributed by atoms with E-state index in [-0.39, 0.29) is 29.6 Å². The fourth-order valence-electron chi connectivity index (χ4n) is 0.351. The molecule has 0 aromatic heterocycles. The average molecular weight is 137 g/mol. The molecule has 4 amide bonds. The van der Waals surface area contributed by atoms with Crippen molar-refractivity contribution in [2.24, 2.45) is 0 Å². The molecule has 0 bridgehead atoms. The number of nitrogens with one attached hydrogen (secondary N) is 2. The minimum Gasteiger partial charge on any atom is -0.269 e. The van der Waals surface area contributed by atoms with E-state index in [1.807, 2.05) is 0 Å². The van der Waals surface area contributed by atoms with Crippen LogP contribution >= 0.6 is 0 Å². The fraction of sp³-hybridized carbons (Fsp3) is 0. The van der Waals surface area contributed by atoms with Crippen molar-refractivity contribution < 1.29 is 14.4 Å². The molecule has 1 rings (SSSR count). The molecule has 1 heterocycles. The Labute approximate surface area is 72.5 Å². The molecule has 0 saturated carbocycles. The molecule has 2 N–H and O–H groups in total. The van der Waals surface area contributed by atoms with Crippen molar-refractivity contribution >= 4 is 47.4 Å². The normalized spacial score (nSPS) is 16.2. The zero-order valence-electron chi connectivity index (χ0n) is 4.72. The topological polar surface area (TPSA) is 75.3 Å². The van der Waals surface area contributed by atoms with Crippen LogP contribution < -0.4 is 10.6 Å². The molecule has 1 radical (unpaired) electrons. The van der Waals surface area contributed by atoms with Crippen LogP contribution in [0.2, 0.25) is 0 Å². The summed E-state index contributed by atoms with van der Waals surface area (Å²) in [4.78, 5) is 30.1. The molecule has 1 aliphatic rings. The Balaban J connectivity index is 0.000000640. The van der Waals surface area contributed by atoms with E-state index in [0.717, 1.165) is 0 Å². The first-order valence-electron chi connectivity index (χ1n) is 1.86. The molecule has 5 nitrogen and oxygen atoms in total. The maximum atomic E-state index is 10.0. The molecule has 0 spiro atoms. The Hall–Kier alpha value is -0.390. The number of carbonyl (C=O) groups is 3. The number of urea groups is 1. The van der Waals surface area contributed by atoms with Gasteiger partial charge in [0.2, 0.25) is 0 Å². The summed E-state index contributed by atoms with van der Waals surface area (Å²) in [6.45, 7) is 0. The molecular formula is C3H2N2NaO3. The molecule has 9 heavy (non-hydrogen) atoms. The largest absolute Gasteiger partial charge is 0.328 e. The monoisotopic (exact) mass is 137 g/mol. The van der Waals surface area contributed by atoms with Crippen molar-refractivity contribution in [2.75, 3.05) is 0 Å². The minimum absolute atomic E-state index is 0. The van der Waals surface area contributed by atoms with Gasteiger partial charge in [-0.2, -0.15) is 0 Å². The minimum atomic E-state index is -0.894. The zero-order valence-corrected chi connectivity index (χ0v) is 6.72. The van der Waals surface area contributed by atoms with Crippen LogP contribution in [-0.4, -0.2) is 47.4 Å². The second kappa shape index (κ2) is 2.95. The van der Waals surface area contributed by atoms with Crippen LogP contribution in [0.25, 0.3) is 0 Å². The van der Waals surface area contributed by atoms with Gasteiger partial charge in [0.05, 0.1) is 0 Å². The summed E-state index contributed by atoms with van der Waals surface area (Å²) >= 11 is 0. The zero-order chi connectivity index (χ0) is 6.15. The molecule has 1 fully saturated rings. The van der Waals surface area contributed by atoms with Crippen LogP contribution in [0.1, 0.15) is 0 Å². The molecule has 0 aromatic carbocycles. The van der Waals surface area contributed by atoms with Gasteiger partial charge in [0.1, 0.15) is 0 Å². The smallest absolute Gasteiger partial charge is 0.269 e. The predicted molar refractivity (Wildman–Crippen MR) is 27.4 cm³/mol. The Bertz CT molecular complexity index is 160. The van der Waals surface area contributed by atoms with E-state index < -0.39 is 17.8 Å². The van der Waals surface area contributed by atoms with Gasteiger partial charge in [0.25, 0.3) is 0 Å². The van der Waals surface area contributed by atoms with Crippen molar-refractivity contribution in [1.82, 2.24) is 10.6 Å². The molecule has 0 atom stereocenters. The molecule has 43 valence electrons. The van der Waals surface area contributed by atoms with Gasteiger partial charge in [-0.1, -0.05) is 0 Å². The molecule has 1 saturated heterocycles. The van der Waals surface area contributed by atoms with Gasteiger partial charge in [0, 0.05) is 29.6 Å². The van der Waals surface area contributed by atoms with Crippen LogP contribution in [0.15, 0.2) is 0 Å². The van der Waals surface area contributed by atoms with Gasteiger partial charge in [-0.3, -0.25) is 20.2 Å². The van der Waals surface area contributed by atoms with E-state index in [2.05, 4.69) is 0 Å². The van der Waals surface area contributed by atoms with Crippen LogP contribution in [0.3, 0.4) is 0 Å². The van der Waals surface area contributed by atoms with E-state index in [9.17, 15) is 14.4 Å². The summed E-state index contributed by atoms with van der Waals surface area (Å²) in [7, 11) is 0. The number of hydrogen-bond acceptors (Lipinski definition) is 3. The number of hydrogen-bond donors (Lipinski definition) is 2. The third-order valence-electron chi connectivity index (χ3n) is 0.660. The predicted octanol–water partition coefficient (Wildman–Crippen LogP) is -2.03. The van der Waals surface area contributed by atoms with E-state index in [4.69, 9.17) is 0 Å². The van der Waals surface area contributed by atoms with Crippen molar-refractivity contribution in [3.8, 4) is 0 Å². The number of carbonyl (C=O) groups excluding carboxylic acids is 3. The van der Waals surface area contributed by atoms with Crippen LogP contribution in [0.4, 0.5) is 4.79 Å². The fourth-order valence-corrected chi connectivity index (χ4v) is 0.351. The second-order valence-electron chi connectivity index (χ2n) is 1.24. The summed E-state index contributed by atoms with van der Waals surface area (Å²) in [6.07, 6.45) is 0. The molecule has 0 aromatic rings. The molecular weight excluding hydrogens is 135 g/mol. The molecule has 0 unspecified atom stereocenters. The maximum absolute atomic E-state index is 10.0. The van der Waals surface area contributed by atoms with Gasteiger partial charge in [-0.05, 0) is 0 Å². The summed E-state index contributed by atoms with van der Waals surface area (Å²) in [5, 5.41) is 3.46. The third-order valence-corrected chi connectivity index (χ3v) is 0.660. The van der Waals surface area contributed by atoms with Gasteiger partial charge < -0.3 is 0 Å². The summed E-state index contributed by atoms with van der Waals surface area (Å²) in [5.74, 6) is -1.79. The Morgan fingerprint density at radius 1 is 0.889 bits per heavy atom. The average Bonchev–Trinajstić information content (AvgIpc) is 1.85. The van der Waals surface area contributed by atoms with E-state index in [0.29, 0.717) is 0 Å². The molecule has 0 aliphatic carbocycles. The van der Waals surface area contributed by atoms with Crippen molar-refractivity contribution in [3.63, 3.8) is 0 Å². The quantitative estimate of drug-likeness (QED) is 0.230. The van der Waals surface area contributed by atoms with Crippen LogP contribution in [-0.2, 0) is 9.59 Å². The van der Waals surface area contributed by atoms with Crippen LogP contribution in [0, 0.1) is 0 Å². The second-order valence-corrected chi connectivity index (χ2v) is 1.24. The van der Waals surface area contributed by atoms with Crippen molar-refractivity contribution in [2.45, 2.75) is 0 Å². The van der Waals surface area contributed by atoms with Crippen molar-refractivity contribution in [3.05, 3.63) is 0 Å². The summed E-state index contributed by atoms with van der Waals surface area (Å²) in [6, 6.07) is -0.750. The third kappa shape index (κ3) is 1.78. The van der Waals surface area contributed by atoms with Gasteiger partial charge in [-0.15, -0.1) is 0 Å². The Morgan fingerprint density at radius 2 is 1.22 bits per heavy atom. The SMILES string of the molecule is O=C1NC(=O)C(=O)N1.[Na]. The van der Waals surface area contributed by atoms with Gasteiger partial charge in [-0.25, -0.2) is 4.79 Å². The molecule has 1 aliphatic heterocycles. The van der Waals surface area contributed by atoms with Gasteiger partial charge >= 0.3 is 17.8 Å².